The highest BCUT2D eigenvalue weighted by atomic mass is 15.3. The van der Waals surface area contributed by atoms with Gasteiger partial charge in [-0.05, 0) is 31.4 Å². The van der Waals surface area contributed by atoms with Crippen LogP contribution in [0.4, 0.5) is 0 Å². The zero-order chi connectivity index (χ0) is 13.0. The first-order chi connectivity index (χ1) is 8.63. The van der Waals surface area contributed by atoms with Crippen LogP contribution in [-0.2, 0) is 5.54 Å². The molecule has 100 valence electrons. The summed E-state index contributed by atoms with van der Waals surface area (Å²) in [6, 6.07) is 10.9. The van der Waals surface area contributed by atoms with Gasteiger partial charge in [0.2, 0.25) is 0 Å². The van der Waals surface area contributed by atoms with Crippen molar-refractivity contribution in [1.29, 1.82) is 0 Å². The van der Waals surface area contributed by atoms with E-state index in [0.29, 0.717) is 0 Å². The molecule has 1 fully saturated rings. The van der Waals surface area contributed by atoms with Gasteiger partial charge in [-0.1, -0.05) is 44.2 Å². The third-order valence-electron chi connectivity index (χ3n) is 4.10. The highest BCUT2D eigenvalue weighted by Crippen LogP contribution is 2.29. The molecule has 0 amide bonds. The highest BCUT2D eigenvalue weighted by Gasteiger charge is 2.35. The van der Waals surface area contributed by atoms with Crippen molar-refractivity contribution in [2.75, 3.05) is 26.2 Å². The van der Waals surface area contributed by atoms with Crippen LogP contribution in [0.25, 0.3) is 0 Å². The van der Waals surface area contributed by atoms with Gasteiger partial charge in [0.15, 0.2) is 0 Å². The van der Waals surface area contributed by atoms with Gasteiger partial charge in [0.25, 0.3) is 0 Å². The molecule has 0 aromatic heterocycles. The lowest BCUT2D eigenvalue weighted by Gasteiger charge is -2.46. The van der Waals surface area contributed by atoms with Crippen molar-refractivity contribution in [2.45, 2.75) is 32.7 Å². The maximum Gasteiger partial charge on any atom is 0.0557 e. The molecule has 1 aliphatic rings. The van der Waals surface area contributed by atoms with Gasteiger partial charge < -0.3 is 5.32 Å². The maximum atomic E-state index is 3.55. The summed E-state index contributed by atoms with van der Waals surface area (Å²) in [4.78, 5) is 2.65. The zero-order valence-electron chi connectivity index (χ0n) is 11.9. The Hall–Kier alpha value is -0.860. The van der Waals surface area contributed by atoms with Gasteiger partial charge in [-0.15, -0.1) is 0 Å². The number of nitrogens with zero attached hydrogens (tertiary/aromatic N) is 1. The molecule has 2 heteroatoms. The summed E-state index contributed by atoms with van der Waals surface area (Å²) < 4.78 is 0. The summed E-state index contributed by atoms with van der Waals surface area (Å²) in [5.41, 5.74) is 1.58. The van der Waals surface area contributed by atoms with E-state index in [2.05, 4.69) is 61.3 Å². The molecule has 0 saturated carbocycles. The summed E-state index contributed by atoms with van der Waals surface area (Å²) in [5.74, 6) is 0.778. The molecule has 0 radical (unpaired) electrons. The molecule has 0 aliphatic carbocycles. The summed E-state index contributed by atoms with van der Waals surface area (Å²) in [5, 5.41) is 3.55. The van der Waals surface area contributed by atoms with Crippen molar-refractivity contribution in [3.63, 3.8) is 0 Å². The van der Waals surface area contributed by atoms with E-state index < -0.39 is 0 Å². The van der Waals surface area contributed by atoms with Gasteiger partial charge in [-0.2, -0.15) is 0 Å². The minimum absolute atomic E-state index is 0.147. The Morgan fingerprint density at radius 2 is 2.00 bits per heavy atom. The van der Waals surface area contributed by atoms with Crippen molar-refractivity contribution < 1.29 is 0 Å². The second-order valence-corrected chi connectivity index (χ2v) is 5.99. The van der Waals surface area contributed by atoms with Crippen molar-refractivity contribution in [2.24, 2.45) is 5.92 Å². The SMILES string of the molecule is CC(C)CCN1CCNCC1(C)c1ccccc1. The van der Waals surface area contributed by atoms with Gasteiger partial charge in [-0.25, -0.2) is 0 Å². The second-order valence-electron chi connectivity index (χ2n) is 5.99. The van der Waals surface area contributed by atoms with Crippen LogP contribution in [0.1, 0.15) is 32.8 Å². The molecule has 1 aliphatic heterocycles. The Morgan fingerprint density at radius 1 is 1.28 bits per heavy atom. The first-order valence-electron chi connectivity index (χ1n) is 7.14. The minimum Gasteiger partial charge on any atom is -0.313 e. The standard InChI is InChI=1S/C16H26N2/c1-14(2)9-11-18-12-10-17-13-16(18,3)15-7-5-4-6-8-15/h4-8,14,17H,9-13H2,1-3H3. The van der Waals surface area contributed by atoms with Crippen LogP contribution in [0.5, 0.6) is 0 Å². The monoisotopic (exact) mass is 246 g/mol. The highest BCUT2D eigenvalue weighted by molar-refractivity contribution is 5.25. The second kappa shape index (κ2) is 5.85. The quantitative estimate of drug-likeness (QED) is 0.879. The van der Waals surface area contributed by atoms with Crippen molar-refractivity contribution in [3.8, 4) is 0 Å². The van der Waals surface area contributed by atoms with Crippen LogP contribution in [-0.4, -0.2) is 31.1 Å². The first-order valence-corrected chi connectivity index (χ1v) is 7.14. The minimum atomic E-state index is 0.147. The van der Waals surface area contributed by atoms with E-state index in [9.17, 15) is 0 Å². The molecule has 1 aromatic carbocycles. The maximum absolute atomic E-state index is 3.55. The average molecular weight is 246 g/mol. The smallest absolute Gasteiger partial charge is 0.0557 e. The summed E-state index contributed by atoms with van der Waals surface area (Å²) in [6.45, 7) is 11.5. The zero-order valence-corrected chi connectivity index (χ0v) is 11.9. The number of hydrogen-bond donors (Lipinski definition) is 1. The number of piperazine rings is 1. The molecule has 2 rings (SSSR count). The van der Waals surface area contributed by atoms with E-state index in [1.165, 1.54) is 18.5 Å². The van der Waals surface area contributed by atoms with Gasteiger partial charge in [0.1, 0.15) is 0 Å². The fourth-order valence-electron chi connectivity index (χ4n) is 2.76. The average Bonchev–Trinajstić information content (AvgIpc) is 2.39. The Balaban J connectivity index is 2.15. The lowest BCUT2D eigenvalue weighted by Crippen LogP contribution is -2.57. The number of rotatable bonds is 4. The van der Waals surface area contributed by atoms with E-state index in [1.807, 2.05) is 0 Å². The normalized spacial score (nSPS) is 25.6. The van der Waals surface area contributed by atoms with Crippen molar-refractivity contribution >= 4 is 0 Å². The third kappa shape index (κ3) is 2.93. The van der Waals surface area contributed by atoms with E-state index in [0.717, 1.165) is 25.6 Å². The molecule has 1 N–H and O–H groups in total. The van der Waals surface area contributed by atoms with Gasteiger partial charge in [0.05, 0.1) is 5.54 Å². The van der Waals surface area contributed by atoms with Gasteiger partial charge >= 0.3 is 0 Å². The van der Waals surface area contributed by atoms with Crippen LogP contribution in [0.2, 0.25) is 0 Å². The van der Waals surface area contributed by atoms with E-state index in [-0.39, 0.29) is 5.54 Å². The molecule has 1 aromatic rings. The van der Waals surface area contributed by atoms with Gasteiger partial charge in [0, 0.05) is 19.6 Å². The molecule has 1 heterocycles. The first kappa shape index (κ1) is 13.6. The molecule has 18 heavy (non-hydrogen) atoms. The molecular weight excluding hydrogens is 220 g/mol. The fraction of sp³-hybridized carbons (Fsp3) is 0.625. The van der Waals surface area contributed by atoms with Crippen LogP contribution < -0.4 is 5.32 Å². The lowest BCUT2D eigenvalue weighted by molar-refractivity contribution is 0.0682. The van der Waals surface area contributed by atoms with Crippen LogP contribution in [0.15, 0.2) is 30.3 Å². The van der Waals surface area contributed by atoms with Gasteiger partial charge in [-0.3, -0.25) is 4.90 Å². The molecule has 1 saturated heterocycles. The van der Waals surface area contributed by atoms with Crippen molar-refractivity contribution in [1.82, 2.24) is 10.2 Å². The van der Waals surface area contributed by atoms with E-state index >= 15 is 0 Å². The summed E-state index contributed by atoms with van der Waals surface area (Å²) >= 11 is 0. The Bertz CT molecular complexity index is 361. The lowest BCUT2D eigenvalue weighted by atomic mass is 9.87. The Kier molecular flexibility index (Phi) is 4.41. The molecular formula is C16H26N2. The number of benzene rings is 1. The molecule has 0 spiro atoms. The predicted molar refractivity (Wildman–Crippen MR) is 77.7 cm³/mol. The van der Waals surface area contributed by atoms with Crippen molar-refractivity contribution in [3.05, 3.63) is 35.9 Å². The largest absolute Gasteiger partial charge is 0.313 e. The van der Waals surface area contributed by atoms with Crippen LogP contribution >= 0.6 is 0 Å². The number of hydrogen-bond acceptors (Lipinski definition) is 2. The van der Waals surface area contributed by atoms with Crippen LogP contribution in [0, 0.1) is 5.92 Å². The molecule has 0 bridgehead atoms. The number of nitrogens with one attached hydrogen (secondary N) is 1. The topological polar surface area (TPSA) is 15.3 Å². The molecule has 1 unspecified atom stereocenters. The third-order valence-corrected chi connectivity index (χ3v) is 4.10. The Morgan fingerprint density at radius 3 is 2.67 bits per heavy atom. The fourth-order valence-corrected chi connectivity index (χ4v) is 2.76. The molecule has 2 nitrogen and oxygen atoms in total. The van der Waals surface area contributed by atoms with E-state index in [1.54, 1.807) is 0 Å². The summed E-state index contributed by atoms with van der Waals surface area (Å²) in [6.07, 6.45) is 1.28. The predicted octanol–water partition coefficient (Wildman–Crippen LogP) is 2.85. The Labute approximate surface area is 111 Å². The molecule has 1 atom stereocenters. The summed E-state index contributed by atoms with van der Waals surface area (Å²) in [7, 11) is 0. The van der Waals surface area contributed by atoms with Crippen LogP contribution in [0.3, 0.4) is 0 Å². The van der Waals surface area contributed by atoms with E-state index in [4.69, 9.17) is 0 Å².